The van der Waals surface area contributed by atoms with Crippen LogP contribution in [-0.4, -0.2) is 4.98 Å². The Hall–Kier alpha value is -0.830. The van der Waals surface area contributed by atoms with Crippen LogP contribution in [0, 0.1) is 20.8 Å². The zero-order valence-corrected chi connectivity index (χ0v) is 9.40. The summed E-state index contributed by atoms with van der Waals surface area (Å²) >= 11 is 3.53. The first kappa shape index (κ1) is 8.75. The van der Waals surface area contributed by atoms with Gasteiger partial charge in [0, 0.05) is 11.4 Å². The van der Waals surface area contributed by atoms with Gasteiger partial charge in [0.15, 0.2) is 11.5 Å². The van der Waals surface area contributed by atoms with E-state index in [2.05, 4.69) is 20.9 Å². The standard InChI is InChI=1S/C10H10BrNO/c1-5-4-8-10(6(2)9(5)11)12-7(3)13-8/h4H,1-3H3. The SMILES string of the molecule is Cc1nc2c(C)c(Br)c(C)cc2o1. The summed E-state index contributed by atoms with van der Waals surface area (Å²) < 4.78 is 6.57. The van der Waals surface area contributed by atoms with E-state index < -0.39 is 0 Å². The van der Waals surface area contributed by atoms with Crippen LogP contribution < -0.4 is 0 Å². The van der Waals surface area contributed by atoms with E-state index in [1.807, 2.05) is 26.8 Å². The Balaban J connectivity index is 2.92. The summed E-state index contributed by atoms with van der Waals surface area (Å²) in [4.78, 5) is 4.32. The van der Waals surface area contributed by atoms with Crippen LogP contribution in [0.4, 0.5) is 0 Å². The van der Waals surface area contributed by atoms with Gasteiger partial charge >= 0.3 is 0 Å². The molecular formula is C10H10BrNO. The first-order valence-electron chi connectivity index (χ1n) is 4.12. The Morgan fingerprint density at radius 2 is 2.00 bits per heavy atom. The molecule has 0 radical (unpaired) electrons. The van der Waals surface area contributed by atoms with Crippen LogP contribution in [0.25, 0.3) is 11.1 Å². The third-order valence-electron chi connectivity index (χ3n) is 2.14. The summed E-state index contributed by atoms with van der Waals surface area (Å²) in [7, 11) is 0. The summed E-state index contributed by atoms with van der Waals surface area (Å²) in [6.45, 7) is 5.96. The van der Waals surface area contributed by atoms with Gasteiger partial charge in [-0.25, -0.2) is 4.98 Å². The maximum Gasteiger partial charge on any atom is 0.192 e. The van der Waals surface area contributed by atoms with E-state index >= 15 is 0 Å². The zero-order valence-electron chi connectivity index (χ0n) is 7.81. The molecule has 68 valence electrons. The van der Waals surface area contributed by atoms with Crippen LogP contribution >= 0.6 is 15.9 Å². The predicted molar refractivity (Wildman–Crippen MR) is 55.9 cm³/mol. The third kappa shape index (κ3) is 1.27. The van der Waals surface area contributed by atoms with Crippen molar-refractivity contribution in [2.75, 3.05) is 0 Å². The molecule has 0 saturated heterocycles. The second kappa shape index (κ2) is 2.84. The van der Waals surface area contributed by atoms with Crippen LogP contribution in [0.15, 0.2) is 15.0 Å². The van der Waals surface area contributed by atoms with Gasteiger partial charge in [0.25, 0.3) is 0 Å². The quantitative estimate of drug-likeness (QED) is 0.704. The van der Waals surface area contributed by atoms with E-state index in [1.165, 1.54) is 5.56 Å². The largest absolute Gasteiger partial charge is 0.441 e. The van der Waals surface area contributed by atoms with Crippen molar-refractivity contribution < 1.29 is 4.42 Å². The fourth-order valence-corrected chi connectivity index (χ4v) is 1.77. The maximum atomic E-state index is 5.45. The van der Waals surface area contributed by atoms with Gasteiger partial charge in [0.1, 0.15) is 5.52 Å². The molecule has 0 aliphatic carbocycles. The van der Waals surface area contributed by atoms with Crippen LogP contribution in [0.3, 0.4) is 0 Å². The summed E-state index contributed by atoms with van der Waals surface area (Å²) in [6.07, 6.45) is 0. The summed E-state index contributed by atoms with van der Waals surface area (Å²) in [5.41, 5.74) is 4.15. The molecule has 0 amide bonds. The van der Waals surface area contributed by atoms with Gasteiger partial charge in [-0.1, -0.05) is 15.9 Å². The van der Waals surface area contributed by atoms with Gasteiger partial charge < -0.3 is 4.42 Å². The third-order valence-corrected chi connectivity index (χ3v) is 3.36. The number of hydrogen-bond donors (Lipinski definition) is 0. The van der Waals surface area contributed by atoms with Crippen LogP contribution in [0.1, 0.15) is 17.0 Å². The zero-order chi connectivity index (χ0) is 9.59. The van der Waals surface area contributed by atoms with Gasteiger partial charge in [0.2, 0.25) is 0 Å². The lowest BCUT2D eigenvalue weighted by atomic mass is 10.1. The predicted octanol–water partition coefficient (Wildman–Crippen LogP) is 3.52. The fourth-order valence-electron chi connectivity index (χ4n) is 1.47. The molecule has 0 aliphatic rings. The summed E-state index contributed by atoms with van der Waals surface area (Å²) in [6, 6.07) is 2.01. The molecule has 0 fully saturated rings. The molecule has 13 heavy (non-hydrogen) atoms. The molecule has 2 rings (SSSR count). The molecule has 1 aromatic heterocycles. The number of rotatable bonds is 0. The minimum atomic E-state index is 0.718. The molecule has 0 saturated carbocycles. The Kier molecular flexibility index (Phi) is 1.91. The van der Waals surface area contributed by atoms with Crippen molar-refractivity contribution >= 4 is 27.0 Å². The topological polar surface area (TPSA) is 26.0 Å². The highest BCUT2D eigenvalue weighted by atomic mass is 79.9. The first-order chi connectivity index (χ1) is 6.09. The van der Waals surface area contributed by atoms with E-state index in [1.54, 1.807) is 0 Å². The fraction of sp³-hybridized carbons (Fsp3) is 0.300. The van der Waals surface area contributed by atoms with E-state index in [0.29, 0.717) is 0 Å². The number of nitrogens with zero attached hydrogens (tertiary/aromatic N) is 1. The second-order valence-electron chi connectivity index (χ2n) is 3.21. The van der Waals surface area contributed by atoms with Crippen molar-refractivity contribution in [3.8, 4) is 0 Å². The van der Waals surface area contributed by atoms with Gasteiger partial charge in [0.05, 0.1) is 0 Å². The van der Waals surface area contributed by atoms with Crippen LogP contribution in [-0.2, 0) is 0 Å². The normalized spacial score (nSPS) is 11.1. The molecular weight excluding hydrogens is 230 g/mol. The highest BCUT2D eigenvalue weighted by molar-refractivity contribution is 9.10. The van der Waals surface area contributed by atoms with Crippen LogP contribution in [0.5, 0.6) is 0 Å². The smallest absolute Gasteiger partial charge is 0.192 e. The molecule has 2 nitrogen and oxygen atoms in total. The summed E-state index contributed by atoms with van der Waals surface area (Å²) in [5.74, 6) is 0.718. The second-order valence-corrected chi connectivity index (χ2v) is 4.01. The molecule has 0 bridgehead atoms. The number of oxazole rings is 1. The molecule has 3 heteroatoms. The van der Waals surface area contributed by atoms with Gasteiger partial charge in [-0.2, -0.15) is 0 Å². The highest BCUT2D eigenvalue weighted by Gasteiger charge is 2.09. The minimum Gasteiger partial charge on any atom is -0.441 e. The molecule has 2 aromatic rings. The monoisotopic (exact) mass is 239 g/mol. The number of fused-ring (bicyclic) bond motifs is 1. The molecule has 0 aliphatic heterocycles. The lowest BCUT2D eigenvalue weighted by Crippen LogP contribution is -1.83. The first-order valence-corrected chi connectivity index (χ1v) is 4.91. The molecule has 0 spiro atoms. The lowest BCUT2D eigenvalue weighted by Gasteiger charge is -2.01. The van der Waals surface area contributed by atoms with Crippen molar-refractivity contribution in [1.29, 1.82) is 0 Å². The van der Waals surface area contributed by atoms with E-state index in [0.717, 1.165) is 27.0 Å². The number of aromatic nitrogens is 1. The van der Waals surface area contributed by atoms with Gasteiger partial charge in [-0.3, -0.25) is 0 Å². The molecule has 0 atom stereocenters. The van der Waals surface area contributed by atoms with Crippen molar-refractivity contribution in [2.24, 2.45) is 0 Å². The van der Waals surface area contributed by atoms with Crippen molar-refractivity contribution in [1.82, 2.24) is 4.98 Å². The van der Waals surface area contributed by atoms with E-state index in [-0.39, 0.29) is 0 Å². The number of aryl methyl sites for hydroxylation is 3. The van der Waals surface area contributed by atoms with Gasteiger partial charge in [-0.05, 0) is 31.0 Å². The Morgan fingerprint density at radius 3 is 2.69 bits per heavy atom. The molecule has 0 unspecified atom stereocenters. The summed E-state index contributed by atoms with van der Waals surface area (Å²) in [5, 5.41) is 0. The molecule has 1 aromatic carbocycles. The average Bonchev–Trinajstić information content (AvgIpc) is 2.42. The molecule has 1 heterocycles. The van der Waals surface area contributed by atoms with E-state index in [9.17, 15) is 0 Å². The lowest BCUT2D eigenvalue weighted by molar-refractivity contribution is 0.561. The van der Waals surface area contributed by atoms with Gasteiger partial charge in [-0.15, -0.1) is 0 Å². The number of benzene rings is 1. The number of halogens is 1. The molecule has 0 N–H and O–H groups in total. The van der Waals surface area contributed by atoms with E-state index in [4.69, 9.17) is 4.42 Å². The highest BCUT2D eigenvalue weighted by Crippen LogP contribution is 2.29. The minimum absolute atomic E-state index is 0.718. The van der Waals surface area contributed by atoms with Crippen molar-refractivity contribution in [3.63, 3.8) is 0 Å². The Morgan fingerprint density at radius 1 is 1.31 bits per heavy atom. The Bertz CT molecular complexity index is 473. The average molecular weight is 240 g/mol. The van der Waals surface area contributed by atoms with Crippen molar-refractivity contribution in [2.45, 2.75) is 20.8 Å². The number of hydrogen-bond acceptors (Lipinski definition) is 2. The van der Waals surface area contributed by atoms with Crippen LogP contribution in [0.2, 0.25) is 0 Å². The maximum absolute atomic E-state index is 5.45. The van der Waals surface area contributed by atoms with Crippen molar-refractivity contribution in [3.05, 3.63) is 27.6 Å². The Labute approximate surface area is 85.1 Å².